The van der Waals surface area contributed by atoms with Gasteiger partial charge in [-0.15, -0.1) is 0 Å². The summed E-state index contributed by atoms with van der Waals surface area (Å²) in [7, 11) is 1.00. The van der Waals surface area contributed by atoms with Crippen molar-refractivity contribution in [2.45, 2.75) is 252 Å². The number of allylic oxidation sites excluding steroid dienone is 1. The minimum absolute atomic E-state index is 0. The summed E-state index contributed by atoms with van der Waals surface area (Å²) in [6.45, 7) is 18.6. The minimum atomic E-state index is -4.29. The van der Waals surface area contributed by atoms with E-state index < -0.39 is 48.6 Å². The molecule has 5 N–H and O–H groups in total. The number of fused-ring (bicyclic) bond motifs is 10. The van der Waals surface area contributed by atoms with Gasteiger partial charge in [0, 0.05) is 7.11 Å². The maximum atomic E-state index is 12.6. The Kier molecular flexibility index (Phi) is 21.0. The molecule has 8 rings (SSSR count). The Morgan fingerprint density at radius 3 is 1.50 bits per heavy atom. The van der Waals surface area contributed by atoms with Crippen LogP contribution in [0, 0.1) is 86.8 Å². The van der Waals surface area contributed by atoms with Crippen molar-refractivity contribution in [2.24, 2.45) is 86.8 Å². The smallest absolute Gasteiger partial charge is 0.391 e. The zero-order valence-electron chi connectivity index (χ0n) is 44.8. The summed E-state index contributed by atoms with van der Waals surface area (Å²) < 4.78 is 75.6. The second-order valence-electron chi connectivity index (χ2n) is 26.0. The average molecular weight is 1040 g/mol. The summed E-state index contributed by atoms with van der Waals surface area (Å²) >= 11 is 0. The molecule has 13 heteroatoms. The molecule has 7 saturated carbocycles. The van der Waals surface area contributed by atoms with Crippen molar-refractivity contribution in [3.05, 3.63) is 11.6 Å². The maximum Gasteiger partial charge on any atom is 0.391 e. The van der Waals surface area contributed by atoms with Gasteiger partial charge >= 0.3 is 12.4 Å². The first-order valence-electron chi connectivity index (χ1n) is 27.7. The van der Waals surface area contributed by atoms with E-state index in [0.717, 1.165) is 82.7 Å². The van der Waals surface area contributed by atoms with Crippen molar-refractivity contribution in [1.29, 1.82) is 0 Å². The molecule has 0 aromatic heterocycles. The lowest BCUT2D eigenvalue weighted by atomic mass is 9.43. The van der Waals surface area contributed by atoms with Gasteiger partial charge in [-0.2, -0.15) is 53.3 Å². The second-order valence-corrected chi connectivity index (χ2v) is 26.0. The van der Waals surface area contributed by atoms with Crippen LogP contribution in [0.1, 0.15) is 216 Å². The van der Waals surface area contributed by atoms with E-state index in [2.05, 4.69) is 61.5 Å². The molecular formula is C57H100F6O5S2. The van der Waals surface area contributed by atoms with E-state index in [4.69, 9.17) is 5.11 Å². The molecule has 0 aromatic carbocycles. The van der Waals surface area contributed by atoms with E-state index in [1.165, 1.54) is 69.8 Å². The largest absolute Gasteiger partial charge is 0.400 e. The van der Waals surface area contributed by atoms with Crippen molar-refractivity contribution < 1.29 is 51.9 Å². The fourth-order valence-electron chi connectivity index (χ4n) is 18.7. The van der Waals surface area contributed by atoms with Gasteiger partial charge < -0.3 is 25.5 Å². The maximum absolute atomic E-state index is 12.6. The third-order valence-corrected chi connectivity index (χ3v) is 22.8. The molecule has 70 heavy (non-hydrogen) atoms. The molecule has 0 radical (unpaired) electrons. The van der Waals surface area contributed by atoms with E-state index in [1.54, 1.807) is 0 Å². The summed E-state index contributed by atoms with van der Waals surface area (Å²) in [4.78, 5) is 0. The van der Waals surface area contributed by atoms with Crippen LogP contribution >= 0.6 is 27.0 Å². The van der Waals surface area contributed by atoms with E-state index in [1.807, 2.05) is 0 Å². The van der Waals surface area contributed by atoms with Crippen molar-refractivity contribution in [2.75, 3.05) is 7.11 Å². The van der Waals surface area contributed by atoms with E-state index in [-0.39, 0.29) is 56.1 Å². The topological polar surface area (TPSA) is 101 Å². The van der Waals surface area contributed by atoms with Gasteiger partial charge in [0.05, 0.1) is 36.3 Å². The Bertz CT molecular complexity index is 1700. The van der Waals surface area contributed by atoms with E-state index in [9.17, 15) is 46.8 Å². The molecule has 7 fully saturated rings. The summed E-state index contributed by atoms with van der Waals surface area (Å²) in [5.41, 5.74) is 1.66. The first-order valence-corrected chi connectivity index (χ1v) is 27.7. The van der Waals surface area contributed by atoms with Gasteiger partial charge in [0.2, 0.25) is 0 Å². The van der Waals surface area contributed by atoms with Crippen molar-refractivity contribution in [3.63, 3.8) is 0 Å². The average Bonchev–Trinajstić information content (AvgIpc) is 3.82. The lowest BCUT2D eigenvalue weighted by Gasteiger charge is -2.62. The summed E-state index contributed by atoms with van der Waals surface area (Å²) in [6.07, 6.45) is 12.1. The van der Waals surface area contributed by atoms with Crippen LogP contribution in [0.25, 0.3) is 0 Å². The molecule has 0 aromatic rings. The fraction of sp³-hybridized carbons (Fsp3) is 0.965. The number of hydrogen-bond acceptors (Lipinski definition) is 5. The SMILES string of the molecule is CC[C@]1(O)CC[C@@]2(C)C(=CC[C@H]3[C@@H]4CC[C@H]([C@H](C)CC[C@H](O)CC(F)(F)F)[C@@]4(C)CC[C@@H]32)C1.CC[C@]1(O)CC[C@@]2(C)[C@@H](CC[C@@H]3[C@@H]2CC[C@]2(C)[C@@H]([C@H](C)CC[C@H](O)CC(F)(F)F)CC[C@@H]32)C1.CO.S.S. The van der Waals surface area contributed by atoms with Crippen LogP contribution in [0.2, 0.25) is 0 Å². The number of hydrogen-bond donors (Lipinski definition) is 5. The minimum Gasteiger partial charge on any atom is -0.400 e. The molecular weight excluding hydrogens is 943 g/mol. The Morgan fingerprint density at radius 1 is 0.557 bits per heavy atom. The predicted octanol–water partition coefficient (Wildman–Crippen LogP) is 14.8. The van der Waals surface area contributed by atoms with Gasteiger partial charge in [-0.25, -0.2) is 0 Å². The predicted molar refractivity (Wildman–Crippen MR) is 280 cm³/mol. The summed E-state index contributed by atoms with van der Waals surface area (Å²) in [6, 6.07) is 0. The molecule has 0 bridgehead atoms. The van der Waals surface area contributed by atoms with Crippen LogP contribution in [0.3, 0.4) is 0 Å². The van der Waals surface area contributed by atoms with Crippen LogP contribution < -0.4 is 0 Å². The number of aliphatic hydroxyl groups is 5. The van der Waals surface area contributed by atoms with E-state index in [0.29, 0.717) is 65.6 Å². The van der Waals surface area contributed by atoms with E-state index >= 15 is 0 Å². The molecule has 5 nitrogen and oxygen atoms in total. The van der Waals surface area contributed by atoms with Crippen molar-refractivity contribution in [1.82, 2.24) is 0 Å². The van der Waals surface area contributed by atoms with Crippen LogP contribution in [-0.4, -0.2) is 68.4 Å². The van der Waals surface area contributed by atoms with Crippen LogP contribution in [0.4, 0.5) is 26.3 Å². The second kappa shape index (κ2) is 23.6. The van der Waals surface area contributed by atoms with Gasteiger partial charge in [0.1, 0.15) is 0 Å². The molecule has 0 spiro atoms. The molecule has 0 heterocycles. The lowest BCUT2D eigenvalue weighted by molar-refractivity contribution is -0.156. The highest BCUT2D eigenvalue weighted by atomic mass is 32.1. The fourth-order valence-corrected chi connectivity index (χ4v) is 18.7. The van der Waals surface area contributed by atoms with Gasteiger partial charge in [-0.05, 0) is 234 Å². The first kappa shape index (κ1) is 62.4. The summed E-state index contributed by atoms with van der Waals surface area (Å²) in [5.74, 6) is 6.79. The Labute approximate surface area is 434 Å². The standard InChI is InChI=1S/C28H47F3O2.C28H45F3O2.CH4O.2H2S/c2*1-5-27(33)15-14-25(3)19(16-27)7-9-21-23-11-10-22(26(23,4)13-12-24(21)25)18(2)6-8-20(32)17-28(29,30)31;1-2;;/h18-24,32-33H,5-17H2,1-4H3;7,18,20-24,32-33H,5-6,8-17H2,1-4H3;2H,1H3;2*1H2/t18-,19+,20+,21+,22-,23+,24+,25+,26-,27+;18-,20+,21+,22-,23+,24+,25+,26-,27+;;;/m11.../s1. The number of alkyl halides is 6. The highest BCUT2D eigenvalue weighted by Crippen LogP contribution is 2.70. The number of aliphatic hydroxyl groups excluding tert-OH is 3. The normalized spacial score (nSPS) is 43.6. The third kappa shape index (κ3) is 12.8. The van der Waals surface area contributed by atoms with Gasteiger partial charge in [-0.3, -0.25) is 0 Å². The van der Waals surface area contributed by atoms with Crippen molar-refractivity contribution in [3.8, 4) is 0 Å². The van der Waals surface area contributed by atoms with Crippen LogP contribution in [0.15, 0.2) is 11.6 Å². The van der Waals surface area contributed by atoms with Gasteiger partial charge in [-0.1, -0.05) is 67.0 Å². The number of halogens is 6. The molecule has 19 atom stereocenters. The van der Waals surface area contributed by atoms with Crippen LogP contribution in [-0.2, 0) is 0 Å². The molecule has 0 amide bonds. The quantitative estimate of drug-likeness (QED) is 0.0990. The molecule has 0 unspecified atom stereocenters. The zero-order valence-corrected chi connectivity index (χ0v) is 46.8. The number of rotatable bonds is 12. The van der Waals surface area contributed by atoms with Gasteiger partial charge in [0.25, 0.3) is 0 Å². The van der Waals surface area contributed by atoms with Gasteiger partial charge in [0.15, 0.2) is 0 Å². The monoisotopic (exact) mass is 1040 g/mol. The lowest BCUT2D eigenvalue weighted by Crippen LogP contribution is -2.56. The van der Waals surface area contributed by atoms with Crippen molar-refractivity contribution >= 4 is 27.0 Å². The first-order chi connectivity index (χ1) is 31.6. The molecule has 0 aliphatic heterocycles. The highest BCUT2D eigenvalue weighted by Gasteiger charge is 2.63. The molecule has 8 aliphatic carbocycles. The third-order valence-electron chi connectivity index (χ3n) is 22.8. The Balaban J connectivity index is 0.000000286. The molecule has 8 aliphatic rings. The zero-order chi connectivity index (χ0) is 50.5. The molecule has 412 valence electrons. The Hall–Kier alpha value is -0.180. The van der Waals surface area contributed by atoms with Crippen LogP contribution in [0.5, 0.6) is 0 Å². The highest BCUT2D eigenvalue weighted by molar-refractivity contribution is 7.59. The molecule has 0 saturated heterocycles. The Morgan fingerprint density at radius 2 is 1.01 bits per heavy atom. The summed E-state index contributed by atoms with van der Waals surface area (Å²) in [5, 5.41) is 48.7.